The molecule has 0 heterocycles. The van der Waals surface area contributed by atoms with Crippen LogP contribution in [0.15, 0.2) is 22.7 Å². The highest BCUT2D eigenvalue weighted by atomic mass is 79.9. The summed E-state index contributed by atoms with van der Waals surface area (Å²) in [7, 11) is 3.17. The van der Waals surface area contributed by atoms with E-state index in [4.69, 9.17) is 9.47 Å². The maximum Gasteiger partial charge on any atom is 0.247 e. The van der Waals surface area contributed by atoms with Gasteiger partial charge in [-0.2, -0.15) is 0 Å². The summed E-state index contributed by atoms with van der Waals surface area (Å²) in [5.41, 5.74) is 0.866. The molecule has 22 heavy (non-hydrogen) atoms. The normalized spacial score (nSPS) is 11.3. The second-order valence-electron chi connectivity index (χ2n) is 5.50. The van der Waals surface area contributed by atoms with Crippen LogP contribution in [0.4, 0.5) is 0 Å². The molecule has 0 saturated heterocycles. The number of rotatable bonds is 6. The van der Waals surface area contributed by atoms with Crippen molar-refractivity contribution in [1.82, 2.24) is 4.90 Å². The van der Waals surface area contributed by atoms with Gasteiger partial charge in [0.2, 0.25) is 5.91 Å². The van der Waals surface area contributed by atoms with Crippen molar-refractivity contribution in [1.29, 1.82) is 0 Å². The lowest BCUT2D eigenvalue weighted by molar-refractivity contribution is -0.129. The third-order valence-electron chi connectivity index (χ3n) is 3.24. The Balaban J connectivity index is 3.04. The number of nitrogens with zero attached hydrogens (tertiary/aromatic N) is 1. The lowest BCUT2D eigenvalue weighted by atomic mass is 10.1. The summed E-state index contributed by atoms with van der Waals surface area (Å²) >= 11 is 3.45. The Kier molecular flexibility index (Phi) is 6.94. The summed E-state index contributed by atoms with van der Waals surface area (Å²) in [4.78, 5) is 14.2. The first-order chi connectivity index (χ1) is 10.3. The average molecular weight is 370 g/mol. The van der Waals surface area contributed by atoms with Crippen LogP contribution in [0.1, 0.15) is 33.3 Å². The zero-order valence-electron chi connectivity index (χ0n) is 14.0. The molecule has 0 unspecified atom stereocenters. The molecule has 0 aromatic heterocycles. The number of hydrogen-bond acceptors (Lipinski definition) is 3. The lowest BCUT2D eigenvalue weighted by Crippen LogP contribution is -2.41. The van der Waals surface area contributed by atoms with Crippen molar-refractivity contribution in [3.05, 3.63) is 28.2 Å². The molecule has 0 atom stereocenters. The van der Waals surface area contributed by atoms with Crippen molar-refractivity contribution in [2.45, 2.75) is 39.8 Å². The molecule has 0 aliphatic heterocycles. The molecule has 0 fully saturated rings. The smallest absolute Gasteiger partial charge is 0.247 e. The molecule has 0 aliphatic rings. The topological polar surface area (TPSA) is 38.8 Å². The van der Waals surface area contributed by atoms with E-state index in [1.54, 1.807) is 26.4 Å². The van der Waals surface area contributed by atoms with Crippen LogP contribution in [0.5, 0.6) is 11.5 Å². The number of methoxy groups -OCH3 is 2. The van der Waals surface area contributed by atoms with Gasteiger partial charge < -0.3 is 14.4 Å². The largest absolute Gasteiger partial charge is 0.493 e. The monoisotopic (exact) mass is 369 g/mol. The van der Waals surface area contributed by atoms with Gasteiger partial charge in [-0.3, -0.25) is 4.79 Å². The van der Waals surface area contributed by atoms with Crippen LogP contribution in [0, 0.1) is 0 Å². The van der Waals surface area contributed by atoms with Gasteiger partial charge in [0.05, 0.1) is 18.7 Å². The number of carbonyl (C=O) groups excluding carboxylic acids is 1. The van der Waals surface area contributed by atoms with E-state index >= 15 is 0 Å². The maximum absolute atomic E-state index is 12.3. The number of benzene rings is 1. The van der Waals surface area contributed by atoms with Gasteiger partial charge in [-0.15, -0.1) is 0 Å². The summed E-state index contributed by atoms with van der Waals surface area (Å²) < 4.78 is 11.4. The quantitative estimate of drug-likeness (QED) is 0.707. The molecule has 1 aromatic rings. The minimum atomic E-state index is -0.00379. The number of hydrogen-bond donors (Lipinski definition) is 0. The van der Waals surface area contributed by atoms with Crippen molar-refractivity contribution in [2.24, 2.45) is 0 Å². The van der Waals surface area contributed by atoms with Gasteiger partial charge in [0.15, 0.2) is 11.5 Å². The Hall–Kier alpha value is -1.49. The summed E-state index contributed by atoms with van der Waals surface area (Å²) in [6, 6.07) is 4.05. The van der Waals surface area contributed by atoms with Gasteiger partial charge in [-0.1, -0.05) is 0 Å². The number of amides is 1. The molecule has 0 N–H and O–H groups in total. The van der Waals surface area contributed by atoms with Crippen LogP contribution in [-0.2, 0) is 4.79 Å². The van der Waals surface area contributed by atoms with Crippen molar-refractivity contribution in [2.75, 3.05) is 14.2 Å². The summed E-state index contributed by atoms with van der Waals surface area (Å²) in [6.07, 6.45) is 3.38. The SMILES string of the molecule is COc1cc(/C=C/C(=O)N(C(C)C)C(C)C)cc(Br)c1OC. The van der Waals surface area contributed by atoms with Crippen LogP contribution in [0.3, 0.4) is 0 Å². The second-order valence-corrected chi connectivity index (χ2v) is 6.36. The number of carbonyl (C=O) groups is 1. The Morgan fingerprint density at radius 1 is 1.14 bits per heavy atom. The highest BCUT2D eigenvalue weighted by molar-refractivity contribution is 9.10. The zero-order valence-corrected chi connectivity index (χ0v) is 15.6. The molecule has 4 nitrogen and oxygen atoms in total. The lowest BCUT2D eigenvalue weighted by Gasteiger charge is -2.29. The first-order valence-corrected chi connectivity index (χ1v) is 8.03. The van der Waals surface area contributed by atoms with Gasteiger partial charge in [0, 0.05) is 18.2 Å². The summed E-state index contributed by atoms with van der Waals surface area (Å²) in [5.74, 6) is 1.25. The first-order valence-electron chi connectivity index (χ1n) is 7.23. The fraction of sp³-hybridized carbons (Fsp3) is 0.471. The van der Waals surface area contributed by atoms with Crippen LogP contribution in [-0.4, -0.2) is 37.1 Å². The molecule has 1 rings (SSSR count). The van der Waals surface area contributed by atoms with Gasteiger partial charge in [0.25, 0.3) is 0 Å². The molecule has 0 aliphatic carbocycles. The van der Waals surface area contributed by atoms with E-state index in [2.05, 4.69) is 15.9 Å². The van der Waals surface area contributed by atoms with Crippen LogP contribution >= 0.6 is 15.9 Å². The van der Waals surface area contributed by atoms with E-state index in [1.165, 1.54) is 0 Å². The van der Waals surface area contributed by atoms with E-state index in [-0.39, 0.29) is 18.0 Å². The molecule has 5 heteroatoms. The molecule has 0 bridgehead atoms. The molecule has 0 radical (unpaired) electrons. The Bertz CT molecular complexity index is 545. The minimum absolute atomic E-state index is 0.00379. The minimum Gasteiger partial charge on any atom is -0.493 e. The molecule has 1 aromatic carbocycles. The second kappa shape index (κ2) is 8.22. The van der Waals surface area contributed by atoms with Gasteiger partial charge in [-0.25, -0.2) is 0 Å². The van der Waals surface area contributed by atoms with Crippen molar-refractivity contribution in [3.8, 4) is 11.5 Å². The van der Waals surface area contributed by atoms with Crippen molar-refractivity contribution < 1.29 is 14.3 Å². The average Bonchev–Trinajstić information content (AvgIpc) is 2.43. The van der Waals surface area contributed by atoms with Crippen LogP contribution in [0.2, 0.25) is 0 Å². The third-order valence-corrected chi connectivity index (χ3v) is 3.83. The molecule has 0 saturated carbocycles. The third kappa shape index (κ3) is 4.50. The summed E-state index contributed by atoms with van der Waals surface area (Å²) in [5, 5.41) is 0. The fourth-order valence-corrected chi connectivity index (χ4v) is 3.01. The predicted molar refractivity (Wildman–Crippen MR) is 93.4 cm³/mol. The molecular formula is C17H24BrNO3. The number of halogens is 1. The Morgan fingerprint density at radius 2 is 1.73 bits per heavy atom. The van der Waals surface area contributed by atoms with Gasteiger partial charge in [0.1, 0.15) is 0 Å². The molecule has 122 valence electrons. The Morgan fingerprint density at radius 3 is 2.18 bits per heavy atom. The molecule has 0 spiro atoms. The van der Waals surface area contributed by atoms with Gasteiger partial charge in [-0.05, 0) is 67.4 Å². The van der Waals surface area contributed by atoms with Crippen molar-refractivity contribution >= 4 is 27.9 Å². The van der Waals surface area contributed by atoms with E-state index in [9.17, 15) is 4.79 Å². The van der Waals surface area contributed by atoms with E-state index < -0.39 is 0 Å². The predicted octanol–water partition coefficient (Wildman–Crippen LogP) is 4.12. The van der Waals surface area contributed by atoms with E-state index in [1.807, 2.05) is 44.7 Å². The molecular weight excluding hydrogens is 346 g/mol. The molecule has 1 amide bonds. The van der Waals surface area contributed by atoms with Crippen LogP contribution in [0.25, 0.3) is 6.08 Å². The highest BCUT2D eigenvalue weighted by Crippen LogP contribution is 2.36. The van der Waals surface area contributed by atoms with E-state index in [0.29, 0.717) is 11.5 Å². The first kappa shape index (κ1) is 18.6. The number of ether oxygens (including phenoxy) is 2. The zero-order chi connectivity index (χ0) is 16.9. The Labute approximate surface area is 141 Å². The standard InChI is InChI=1S/C17H24BrNO3/c1-11(2)19(12(3)4)16(20)8-7-13-9-14(18)17(22-6)15(10-13)21-5/h7-12H,1-6H3/b8-7+. The van der Waals surface area contributed by atoms with Crippen LogP contribution < -0.4 is 9.47 Å². The summed E-state index contributed by atoms with van der Waals surface area (Å²) in [6.45, 7) is 8.05. The van der Waals surface area contributed by atoms with Gasteiger partial charge >= 0.3 is 0 Å². The van der Waals surface area contributed by atoms with Crippen molar-refractivity contribution in [3.63, 3.8) is 0 Å². The van der Waals surface area contributed by atoms with E-state index in [0.717, 1.165) is 10.0 Å². The highest BCUT2D eigenvalue weighted by Gasteiger charge is 2.17. The fourth-order valence-electron chi connectivity index (χ4n) is 2.39. The maximum atomic E-state index is 12.3.